The van der Waals surface area contributed by atoms with E-state index in [0.717, 1.165) is 16.8 Å². The molecule has 196 valence electrons. The van der Waals surface area contributed by atoms with Gasteiger partial charge in [-0.15, -0.1) is 0 Å². The highest BCUT2D eigenvalue weighted by molar-refractivity contribution is 6.30. The number of carbonyl (C=O) groups excluding carboxylic acids is 2. The lowest BCUT2D eigenvalue weighted by Crippen LogP contribution is -2.36. The molecular weight excluding hydrogens is 490 g/mol. The normalized spacial score (nSPS) is 19.5. The van der Waals surface area contributed by atoms with Crippen LogP contribution >= 0.6 is 11.6 Å². The van der Waals surface area contributed by atoms with Crippen LogP contribution in [-0.4, -0.2) is 32.1 Å². The first-order valence-corrected chi connectivity index (χ1v) is 13.1. The molecule has 0 fully saturated rings. The third-order valence-electron chi connectivity index (χ3n) is 6.76. The summed E-state index contributed by atoms with van der Waals surface area (Å²) in [4.78, 5) is 27.2. The fraction of sp³-hybridized carbons (Fsp3) is 0.400. The lowest BCUT2D eigenvalue weighted by molar-refractivity contribution is -0.140. The summed E-state index contributed by atoms with van der Waals surface area (Å²) in [5, 5.41) is 4.06. The van der Waals surface area contributed by atoms with Gasteiger partial charge >= 0.3 is 5.97 Å². The Morgan fingerprint density at radius 3 is 2.43 bits per heavy atom. The number of hydrogen-bond acceptors (Lipinski definition) is 6. The van der Waals surface area contributed by atoms with Gasteiger partial charge in [-0.25, -0.2) is 4.79 Å². The first kappa shape index (κ1) is 26.8. The van der Waals surface area contributed by atoms with Crippen LogP contribution in [0.2, 0.25) is 5.02 Å². The van der Waals surface area contributed by atoms with Crippen molar-refractivity contribution in [3.63, 3.8) is 0 Å². The maximum Gasteiger partial charge on any atom is 0.336 e. The van der Waals surface area contributed by atoms with E-state index in [1.54, 1.807) is 7.11 Å². The zero-order chi connectivity index (χ0) is 26.7. The number of rotatable bonds is 8. The highest BCUT2D eigenvalue weighted by Gasteiger charge is 2.41. The van der Waals surface area contributed by atoms with Crippen molar-refractivity contribution in [1.82, 2.24) is 5.32 Å². The minimum absolute atomic E-state index is 0.00760. The van der Waals surface area contributed by atoms with Crippen molar-refractivity contribution in [2.75, 3.05) is 20.3 Å². The standard InChI is InChI=1S/C30H34ClNO5/c1-6-36-25-12-9-20(15-26(25)35-5)28-27(30(34)37-16-17(2)3)18(4)32-23-13-21(14-24(33)29(23)28)19-7-10-22(31)11-8-19/h7-12,15,17,21,28,32H,6,13-14,16H2,1-5H3/t21-,28-/m1/s1. The molecule has 0 spiro atoms. The average Bonchev–Trinajstić information content (AvgIpc) is 2.87. The van der Waals surface area contributed by atoms with Gasteiger partial charge in [-0.2, -0.15) is 0 Å². The van der Waals surface area contributed by atoms with Crippen LogP contribution in [-0.2, 0) is 14.3 Å². The van der Waals surface area contributed by atoms with Crippen LogP contribution in [0.5, 0.6) is 11.5 Å². The van der Waals surface area contributed by atoms with Crippen molar-refractivity contribution < 1.29 is 23.8 Å². The summed E-state index contributed by atoms with van der Waals surface area (Å²) in [6.07, 6.45) is 0.999. The van der Waals surface area contributed by atoms with Gasteiger partial charge in [-0.3, -0.25) is 4.79 Å². The Kier molecular flexibility index (Phi) is 8.28. The number of ether oxygens (including phenoxy) is 3. The monoisotopic (exact) mass is 523 g/mol. The molecule has 0 aromatic heterocycles. The fourth-order valence-electron chi connectivity index (χ4n) is 5.07. The Bertz CT molecular complexity index is 1250. The van der Waals surface area contributed by atoms with Crippen molar-refractivity contribution in [1.29, 1.82) is 0 Å². The largest absolute Gasteiger partial charge is 0.493 e. The summed E-state index contributed by atoms with van der Waals surface area (Å²) in [6, 6.07) is 13.2. The SMILES string of the molecule is CCOc1ccc([C@@H]2C(C(=O)OCC(C)C)=C(C)NC3=C2C(=O)C[C@H](c2ccc(Cl)cc2)C3)cc1OC. The predicted octanol–water partition coefficient (Wildman–Crippen LogP) is 6.31. The lowest BCUT2D eigenvalue weighted by atomic mass is 9.71. The summed E-state index contributed by atoms with van der Waals surface area (Å²) in [6.45, 7) is 8.55. The maximum atomic E-state index is 13.8. The van der Waals surface area contributed by atoms with E-state index in [0.29, 0.717) is 59.4 Å². The Balaban J connectivity index is 1.79. The van der Waals surface area contributed by atoms with E-state index in [1.165, 1.54) is 0 Å². The fourth-order valence-corrected chi connectivity index (χ4v) is 5.20. The minimum Gasteiger partial charge on any atom is -0.493 e. The molecule has 37 heavy (non-hydrogen) atoms. The Morgan fingerprint density at radius 1 is 1.08 bits per heavy atom. The molecule has 4 rings (SSSR count). The van der Waals surface area contributed by atoms with E-state index in [9.17, 15) is 9.59 Å². The van der Waals surface area contributed by atoms with Crippen LogP contribution in [0.15, 0.2) is 65.0 Å². The van der Waals surface area contributed by atoms with Crippen LogP contribution in [0.4, 0.5) is 0 Å². The molecule has 0 unspecified atom stereocenters. The molecule has 6 nitrogen and oxygen atoms in total. The van der Waals surface area contributed by atoms with Crippen molar-refractivity contribution >= 4 is 23.4 Å². The van der Waals surface area contributed by atoms with Crippen LogP contribution in [0.1, 0.15) is 63.5 Å². The maximum absolute atomic E-state index is 13.8. The Labute approximate surface area is 223 Å². The number of carbonyl (C=O) groups is 2. The summed E-state index contributed by atoms with van der Waals surface area (Å²) >= 11 is 6.08. The number of hydrogen-bond donors (Lipinski definition) is 1. The van der Waals surface area contributed by atoms with Crippen molar-refractivity contribution in [2.45, 2.75) is 52.4 Å². The smallest absolute Gasteiger partial charge is 0.336 e. The number of benzene rings is 2. The van der Waals surface area contributed by atoms with Gasteiger partial charge in [0, 0.05) is 34.3 Å². The van der Waals surface area contributed by atoms with Crippen LogP contribution in [0.25, 0.3) is 0 Å². The van der Waals surface area contributed by atoms with E-state index in [4.69, 9.17) is 25.8 Å². The molecular formula is C30H34ClNO5. The van der Waals surface area contributed by atoms with Gasteiger partial charge in [0.2, 0.25) is 0 Å². The zero-order valence-electron chi connectivity index (χ0n) is 22.0. The second-order valence-corrected chi connectivity index (χ2v) is 10.3. The summed E-state index contributed by atoms with van der Waals surface area (Å²) in [5.41, 5.74) is 4.43. The number of dihydropyridines is 1. The van der Waals surface area contributed by atoms with Crippen molar-refractivity contribution in [2.24, 2.45) is 5.92 Å². The first-order chi connectivity index (χ1) is 17.7. The van der Waals surface area contributed by atoms with Gasteiger partial charge in [0.15, 0.2) is 17.3 Å². The minimum atomic E-state index is -0.570. The second kappa shape index (κ2) is 11.4. The molecule has 0 saturated carbocycles. The van der Waals surface area contributed by atoms with E-state index in [2.05, 4.69) is 5.32 Å². The van der Waals surface area contributed by atoms with Crippen molar-refractivity contribution in [3.8, 4) is 11.5 Å². The highest BCUT2D eigenvalue weighted by Crippen LogP contribution is 2.47. The first-order valence-electron chi connectivity index (χ1n) is 12.7. The van der Waals surface area contributed by atoms with Gasteiger partial charge in [0.05, 0.1) is 25.9 Å². The van der Waals surface area contributed by atoms with Gasteiger partial charge in [0.25, 0.3) is 0 Å². The van der Waals surface area contributed by atoms with E-state index < -0.39 is 11.9 Å². The molecule has 0 saturated heterocycles. The van der Waals surface area contributed by atoms with E-state index >= 15 is 0 Å². The number of nitrogens with one attached hydrogen (secondary N) is 1. The number of methoxy groups -OCH3 is 1. The molecule has 0 bridgehead atoms. The molecule has 7 heteroatoms. The van der Waals surface area contributed by atoms with E-state index in [-0.39, 0.29) is 17.6 Å². The molecule has 1 aliphatic heterocycles. The Hall–Kier alpha value is -3.25. The zero-order valence-corrected chi connectivity index (χ0v) is 22.8. The molecule has 1 aliphatic carbocycles. The molecule has 0 amide bonds. The lowest BCUT2D eigenvalue weighted by Gasteiger charge is -2.37. The van der Waals surface area contributed by atoms with Crippen LogP contribution < -0.4 is 14.8 Å². The second-order valence-electron chi connectivity index (χ2n) is 9.90. The summed E-state index contributed by atoms with van der Waals surface area (Å²) in [7, 11) is 1.58. The van der Waals surface area contributed by atoms with Crippen molar-refractivity contribution in [3.05, 3.63) is 81.2 Å². The molecule has 1 N–H and O–H groups in total. The quantitative estimate of drug-likeness (QED) is 0.409. The summed E-state index contributed by atoms with van der Waals surface area (Å²) in [5.74, 6) is 0.391. The third-order valence-corrected chi connectivity index (χ3v) is 7.01. The van der Waals surface area contributed by atoms with Gasteiger partial charge in [-0.1, -0.05) is 43.6 Å². The van der Waals surface area contributed by atoms with Crippen LogP contribution in [0, 0.1) is 5.92 Å². The number of ketones is 1. The van der Waals surface area contributed by atoms with Gasteiger partial charge in [-0.05, 0) is 67.5 Å². The van der Waals surface area contributed by atoms with Gasteiger partial charge in [0.1, 0.15) is 0 Å². The number of allylic oxidation sites excluding steroid dienone is 3. The molecule has 1 heterocycles. The number of esters is 1. The van der Waals surface area contributed by atoms with E-state index in [1.807, 2.05) is 70.2 Å². The molecule has 2 atom stereocenters. The Morgan fingerprint density at radius 2 is 1.78 bits per heavy atom. The van der Waals surface area contributed by atoms with Crippen LogP contribution in [0.3, 0.4) is 0 Å². The third kappa shape index (κ3) is 5.69. The summed E-state index contributed by atoms with van der Waals surface area (Å²) < 4.78 is 17.0. The number of Topliss-reactive ketones (excluding diaryl/α,β-unsaturated/α-hetero) is 1. The molecule has 2 aliphatic rings. The molecule has 2 aromatic rings. The highest BCUT2D eigenvalue weighted by atomic mass is 35.5. The topological polar surface area (TPSA) is 73.9 Å². The predicted molar refractivity (Wildman–Crippen MR) is 144 cm³/mol. The molecule has 0 radical (unpaired) electrons. The average molecular weight is 524 g/mol. The number of halogens is 1. The van der Waals surface area contributed by atoms with Gasteiger partial charge < -0.3 is 19.5 Å². The molecule has 2 aromatic carbocycles.